The van der Waals surface area contributed by atoms with Crippen LogP contribution in [0.25, 0.3) is 17.3 Å². The lowest BCUT2D eigenvalue weighted by atomic mass is 9.99. The maximum Gasteiger partial charge on any atom is 0.264 e. The number of nitrogens with one attached hydrogen (secondary N) is 2. The predicted octanol–water partition coefficient (Wildman–Crippen LogP) is 2.22. The van der Waals surface area contributed by atoms with E-state index in [0.717, 1.165) is 0 Å². The van der Waals surface area contributed by atoms with Crippen LogP contribution in [0.2, 0.25) is 0 Å². The van der Waals surface area contributed by atoms with Crippen molar-refractivity contribution in [3.8, 4) is 5.69 Å². The van der Waals surface area contributed by atoms with Gasteiger partial charge in [0.1, 0.15) is 17.1 Å². The highest BCUT2D eigenvalue weighted by atomic mass is 16.2. The van der Waals surface area contributed by atoms with E-state index in [1.807, 2.05) is 18.2 Å². The average Bonchev–Trinajstić information content (AvgIpc) is 3.04. The molecule has 29 heavy (non-hydrogen) atoms. The monoisotopic (exact) mass is 387 g/mol. The minimum atomic E-state index is -0.581. The number of imide groups is 1. The summed E-state index contributed by atoms with van der Waals surface area (Å²) < 4.78 is 1.44. The largest absolute Gasteiger partial charge is 0.383 e. The standard InChI is InChI=1S/C21H17N5O3/c1-12(27)23-14-9-7-13(8-10-14)11-16-18-17(21(29)24-20(16)28)19(22)26(25-18)15-5-3-2-4-6-15/h2-11H,22H2,1H3,(H,23,27)(H,24,28,29)/b16-11+. The summed E-state index contributed by atoms with van der Waals surface area (Å²) in [5.41, 5.74) is 8.82. The van der Waals surface area contributed by atoms with Gasteiger partial charge in [0.2, 0.25) is 5.91 Å². The van der Waals surface area contributed by atoms with Crippen molar-refractivity contribution < 1.29 is 14.4 Å². The average molecular weight is 387 g/mol. The van der Waals surface area contributed by atoms with Gasteiger partial charge in [0.05, 0.1) is 11.3 Å². The number of carbonyl (C=O) groups excluding carboxylic acids is 3. The van der Waals surface area contributed by atoms with Gasteiger partial charge in [-0.1, -0.05) is 30.3 Å². The third kappa shape index (κ3) is 3.39. The fraction of sp³-hybridized carbons (Fsp3) is 0.0476. The zero-order chi connectivity index (χ0) is 20.5. The number of aromatic nitrogens is 2. The molecule has 144 valence electrons. The van der Waals surface area contributed by atoms with Crippen molar-refractivity contribution in [3.05, 3.63) is 71.4 Å². The minimum absolute atomic E-state index is 0.156. The highest BCUT2D eigenvalue weighted by Crippen LogP contribution is 2.31. The van der Waals surface area contributed by atoms with Crippen LogP contribution in [0, 0.1) is 0 Å². The van der Waals surface area contributed by atoms with E-state index in [0.29, 0.717) is 16.9 Å². The number of anilines is 2. The molecule has 0 saturated heterocycles. The third-order valence-electron chi connectivity index (χ3n) is 4.42. The molecule has 2 aromatic carbocycles. The number of hydrogen-bond donors (Lipinski definition) is 3. The highest BCUT2D eigenvalue weighted by molar-refractivity contribution is 6.34. The van der Waals surface area contributed by atoms with Crippen LogP contribution in [0.4, 0.5) is 11.5 Å². The Bertz CT molecular complexity index is 1160. The molecule has 0 spiro atoms. The van der Waals surface area contributed by atoms with Crippen LogP contribution in [0.1, 0.15) is 28.5 Å². The Morgan fingerprint density at radius 2 is 1.76 bits per heavy atom. The van der Waals surface area contributed by atoms with Crippen LogP contribution in [0.5, 0.6) is 0 Å². The van der Waals surface area contributed by atoms with Gasteiger partial charge < -0.3 is 11.1 Å². The van der Waals surface area contributed by atoms with Crippen molar-refractivity contribution in [3.63, 3.8) is 0 Å². The molecule has 0 saturated carbocycles. The number of rotatable bonds is 3. The van der Waals surface area contributed by atoms with Gasteiger partial charge in [-0.15, -0.1) is 0 Å². The number of nitrogens with two attached hydrogens (primary N) is 1. The van der Waals surface area contributed by atoms with E-state index >= 15 is 0 Å². The van der Waals surface area contributed by atoms with Crippen molar-refractivity contribution in [2.24, 2.45) is 0 Å². The summed E-state index contributed by atoms with van der Waals surface area (Å²) in [7, 11) is 0. The topological polar surface area (TPSA) is 119 Å². The van der Waals surface area contributed by atoms with Gasteiger partial charge >= 0.3 is 0 Å². The van der Waals surface area contributed by atoms with Gasteiger partial charge in [-0.3, -0.25) is 19.7 Å². The summed E-state index contributed by atoms with van der Waals surface area (Å²) in [6.07, 6.45) is 1.62. The van der Waals surface area contributed by atoms with E-state index in [1.165, 1.54) is 11.6 Å². The van der Waals surface area contributed by atoms with Crippen LogP contribution >= 0.6 is 0 Å². The first-order chi connectivity index (χ1) is 13.9. The SMILES string of the molecule is CC(=O)Nc1ccc(/C=C2/C(=O)NC(=O)c3c2nn(-c2ccccc2)c3N)cc1. The Labute approximate surface area is 166 Å². The molecule has 0 aliphatic carbocycles. The number of hydrogen-bond acceptors (Lipinski definition) is 5. The first-order valence-electron chi connectivity index (χ1n) is 8.83. The second-order valence-electron chi connectivity index (χ2n) is 6.50. The summed E-state index contributed by atoms with van der Waals surface area (Å²) >= 11 is 0. The normalized spacial score (nSPS) is 14.4. The number of carbonyl (C=O) groups is 3. The van der Waals surface area contributed by atoms with Crippen LogP contribution in [-0.2, 0) is 9.59 Å². The Hall–Kier alpha value is -4.20. The molecule has 0 atom stereocenters. The van der Waals surface area contributed by atoms with Crippen LogP contribution < -0.4 is 16.4 Å². The molecule has 8 nitrogen and oxygen atoms in total. The first-order valence-corrected chi connectivity index (χ1v) is 8.83. The molecule has 0 bridgehead atoms. The summed E-state index contributed by atoms with van der Waals surface area (Å²) in [5.74, 6) is -1.15. The molecular formula is C21H17N5O3. The number of nitrogens with zero attached hydrogens (tertiary/aromatic N) is 2. The first kappa shape index (κ1) is 18.2. The second kappa shape index (κ2) is 7.08. The van der Waals surface area contributed by atoms with E-state index in [9.17, 15) is 14.4 Å². The van der Waals surface area contributed by atoms with Crippen molar-refractivity contribution in [1.82, 2.24) is 15.1 Å². The van der Waals surface area contributed by atoms with Gasteiger partial charge in [-0.2, -0.15) is 5.10 Å². The van der Waals surface area contributed by atoms with E-state index in [-0.39, 0.29) is 28.6 Å². The maximum atomic E-state index is 12.5. The molecule has 4 rings (SSSR count). The molecule has 8 heteroatoms. The molecule has 2 heterocycles. The van der Waals surface area contributed by atoms with Crippen LogP contribution in [0.15, 0.2) is 54.6 Å². The van der Waals surface area contributed by atoms with Crippen LogP contribution in [0.3, 0.4) is 0 Å². The number of amides is 3. The number of fused-ring (bicyclic) bond motifs is 1. The van der Waals surface area contributed by atoms with Crippen molar-refractivity contribution in [2.45, 2.75) is 6.92 Å². The quantitative estimate of drug-likeness (QED) is 0.470. The third-order valence-corrected chi connectivity index (χ3v) is 4.42. The van der Waals surface area contributed by atoms with E-state index in [4.69, 9.17) is 5.73 Å². The zero-order valence-electron chi connectivity index (χ0n) is 15.5. The summed E-state index contributed by atoms with van der Waals surface area (Å²) in [4.78, 5) is 36.0. The molecule has 0 unspecified atom stereocenters. The Morgan fingerprint density at radius 3 is 2.41 bits per heavy atom. The summed E-state index contributed by atoms with van der Waals surface area (Å²) in [5, 5.41) is 9.43. The lowest BCUT2D eigenvalue weighted by Gasteiger charge is -2.13. The smallest absolute Gasteiger partial charge is 0.264 e. The predicted molar refractivity (Wildman–Crippen MR) is 109 cm³/mol. The Kier molecular flexibility index (Phi) is 4.44. The van der Waals surface area contributed by atoms with E-state index < -0.39 is 11.8 Å². The van der Waals surface area contributed by atoms with Crippen molar-refractivity contribution in [2.75, 3.05) is 11.1 Å². The van der Waals surface area contributed by atoms with Crippen molar-refractivity contribution in [1.29, 1.82) is 0 Å². The van der Waals surface area contributed by atoms with Gasteiger partial charge in [-0.05, 0) is 35.9 Å². The van der Waals surface area contributed by atoms with Gasteiger partial charge in [0.25, 0.3) is 11.8 Å². The maximum absolute atomic E-state index is 12.5. The molecule has 1 aromatic heterocycles. The molecule has 0 radical (unpaired) electrons. The van der Waals surface area contributed by atoms with E-state index in [1.54, 1.807) is 42.5 Å². The highest BCUT2D eigenvalue weighted by Gasteiger charge is 2.34. The summed E-state index contributed by atoms with van der Waals surface area (Å²) in [6, 6.07) is 16.1. The van der Waals surface area contributed by atoms with Crippen molar-refractivity contribution >= 4 is 40.9 Å². The van der Waals surface area contributed by atoms with Gasteiger partial charge in [0.15, 0.2) is 0 Å². The molecule has 1 aliphatic heterocycles. The number of nitrogen functional groups attached to an aromatic ring is 1. The molecule has 3 aromatic rings. The summed E-state index contributed by atoms with van der Waals surface area (Å²) in [6.45, 7) is 1.42. The minimum Gasteiger partial charge on any atom is -0.383 e. The Balaban J connectivity index is 1.79. The lowest BCUT2D eigenvalue weighted by molar-refractivity contribution is -0.115. The van der Waals surface area contributed by atoms with E-state index in [2.05, 4.69) is 15.7 Å². The van der Waals surface area contributed by atoms with Gasteiger partial charge in [-0.25, -0.2) is 4.68 Å². The number of benzene rings is 2. The Morgan fingerprint density at radius 1 is 1.07 bits per heavy atom. The van der Waals surface area contributed by atoms with Crippen LogP contribution in [-0.4, -0.2) is 27.5 Å². The fourth-order valence-corrected chi connectivity index (χ4v) is 3.12. The molecule has 3 amide bonds. The molecule has 4 N–H and O–H groups in total. The lowest BCUT2D eigenvalue weighted by Crippen LogP contribution is -2.36. The number of para-hydroxylation sites is 1. The molecule has 0 fully saturated rings. The zero-order valence-corrected chi connectivity index (χ0v) is 15.5. The molecular weight excluding hydrogens is 370 g/mol. The fourth-order valence-electron chi connectivity index (χ4n) is 3.12. The molecule has 1 aliphatic rings. The second-order valence-corrected chi connectivity index (χ2v) is 6.50. The van der Waals surface area contributed by atoms with Gasteiger partial charge in [0, 0.05) is 12.6 Å².